The van der Waals surface area contributed by atoms with Gasteiger partial charge in [0.1, 0.15) is 5.82 Å². The van der Waals surface area contributed by atoms with Gasteiger partial charge in [0.2, 0.25) is 0 Å². The van der Waals surface area contributed by atoms with Gasteiger partial charge in [-0.2, -0.15) is 0 Å². The lowest BCUT2D eigenvalue weighted by molar-refractivity contribution is 0.0779. The third kappa shape index (κ3) is 2.71. The summed E-state index contributed by atoms with van der Waals surface area (Å²) in [4.78, 5) is 0. The first-order valence-corrected chi connectivity index (χ1v) is 5.45. The van der Waals surface area contributed by atoms with Crippen molar-refractivity contribution in [2.45, 2.75) is 13.0 Å². The van der Waals surface area contributed by atoms with Crippen molar-refractivity contribution in [2.24, 2.45) is 5.92 Å². The topological polar surface area (TPSA) is 44.5 Å². The van der Waals surface area contributed by atoms with Crippen molar-refractivity contribution >= 4 is 5.69 Å². The van der Waals surface area contributed by atoms with Gasteiger partial charge < -0.3 is 15.2 Å². The van der Waals surface area contributed by atoms with E-state index in [0.717, 1.165) is 19.6 Å². The minimum absolute atomic E-state index is 0.231. The Morgan fingerprint density at radius 2 is 2.38 bits per heavy atom. The van der Waals surface area contributed by atoms with Gasteiger partial charge in [0.15, 0.2) is 0 Å². The summed E-state index contributed by atoms with van der Waals surface area (Å²) in [5, 5.41) is 0. The smallest absolute Gasteiger partial charge is 0.130 e. The van der Waals surface area contributed by atoms with Crippen LogP contribution in [0.3, 0.4) is 0 Å². The first-order valence-electron chi connectivity index (χ1n) is 5.45. The number of halogens is 1. The lowest BCUT2D eigenvalue weighted by Gasteiger charge is -2.10. The zero-order chi connectivity index (χ0) is 11.4. The molecule has 4 heteroatoms. The molecule has 88 valence electrons. The first kappa shape index (κ1) is 11.4. The van der Waals surface area contributed by atoms with Crippen LogP contribution in [0, 0.1) is 11.7 Å². The molecule has 1 aliphatic heterocycles. The molecule has 0 radical (unpaired) electrons. The molecule has 0 amide bonds. The number of nitrogens with two attached hydrogens (primary N) is 1. The summed E-state index contributed by atoms with van der Waals surface area (Å²) >= 11 is 0. The van der Waals surface area contributed by atoms with Crippen LogP contribution in [0.4, 0.5) is 10.1 Å². The second kappa shape index (κ2) is 5.27. The fraction of sp³-hybridized carbons (Fsp3) is 0.500. The van der Waals surface area contributed by atoms with E-state index in [1.54, 1.807) is 12.1 Å². The number of hydrogen-bond donors (Lipinski definition) is 1. The van der Waals surface area contributed by atoms with Crippen LogP contribution in [0.5, 0.6) is 0 Å². The highest BCUT2D eigenvalue weighted by molar-refractivity contribution is 5.46. The molecule has 1 fully saturated rings. The van der Waals surface area contributed by atoms with Gasteiger partial charge in [-0.05, 0) is 18.6 Å². The predicted octanol–water partition coefficient (Wildman–Crippen LogP) is 1.96. The number of hydrogen-bond acceptors (Lipinski definition) is 3. The largest absolute Gasteiger partial charge is 0.398 e. The van der Waals surface area contributed by atoms with Gasteiger partial charge in [0.25, 0.3) is 0 Å². The third-order valence-corrected chi connectivity index (χ3v) is 2.78. The van der Waals surface area contributed by atoms with Gasteiger partial charge in [-0.3, -0.25) is 0 Å². The average molecular weight is 225 g/mol. The number of ether oxygens (including phenoxy) is 2. The molecule has 0 spiro atoms. The Balaban J connectivity index is 1.84. The molecule has 1 heterocycles. The van der Waals surface area contributed by atoms with Gasteiger partial charge in [0.05, 0.1) is 19.8 Å². The number of rotatable bonds is 4. The summed E-state index contributed by atoms with van der Waals surface area (Å²) in [5.74, 6) is 0.135. The highest BCUT2D eigenvalue weighted by Crippen LogP contribution is 2.18. The Bertz CT molecular complexity index is 331. The van der Waals surface area contributed by atoms with Gasteiger partial charge in [0, 0.05) is 23.8 Å². The van der Waals surface area contributed by atoms with Crippen LogP contribution in [-0.4, -0.2) is 19.8 Å². The SMILES string of the molecule is Nc1cccc(F)c1COCC1CCOC1. The molecule has 2 rings (SSSR count). The van der Waals surface area contributed by atoms with E-state index in [4.69, 9.17) is 15.2 Å². The standard InChI is InChI=1S/C12H16FNO2/c13-11-2-1-3-12(14)10(11)8-16-7-9-4-5-15-6-9/h1-3,9H,4-8,14H2. The minimum atomic E-state index is -0.303. The van der Waals surface area contributed by atoms with Crippen molar-refractivity contribution in [3.05, 3.63) is 29.6 Å². The first-order chi connectivity index (χ1) is 7.77. The van der Waals surface area contributed by atoms with E-state index in [0.29, 0.717) is 23.8 Å². The van der Waals surface area contributed by atoms with Crippen LogP contribution in [0.15, 0.2) is 18.2 Å². The molecule has 1 unspecified atom stereocenters. The summed E-state index contributed by atoms with van der Waals surface area (Å²) in [7, 11) is 0. The van der Waals surface area contributed by atoms with Crippen LogP contribution >= 0.6 is 0 Å². The molecule has 2 N–H and O–H groups in total. The maximum absolute atomic E-state index is 13.4. The fourth-order valence-corrected chi connectivity index (χ4v) is 1.77. The van der Waals surface area contributed by atoms with Crippen LogP contribution in [0.25, 0.3) is 0 Å². The van der Waals surface area contributed by atoms with Crippen molar-refractivity contribution in [1.29, 1.82) is 0 Å². The minimum Gasteiger partial charge on any atom is -0.398 e. The Labute approximate surface area is 94.3 Å². The highest BCUT2D eigenvalue weighted by atomic mass is 19.1. The molecule has 1 saturated heterocycles. The molecular weight excluding hydrogens is 209 g/mol. The van der Waals surface area contributed by atoms with Gasteiger partial charge >= 0.3 is 0 Å². The van der Waals surface area contributed by atoms with Crippen molar-refractivity contribution in [3.63, 3.8) is 0 Å². The number of anilines is 1. The summed E-state index contributed by atoms with van der Waals surface area (Å²) in [6, 6.07) is 4.67. The van der Waals surface area contributed by atoms with E-state index < -0.39 is 0 Å². The van der Waals surface area contributed by atoms with Gasteiger partial charge in [-0.1, -0.05) is 6.07 Å². The van der Waals surface area contributed by atoms with Crippen LogP contribution in [-0.2, 0) is 16.1 Å². The lowest BCUT2D eigenvalue weighted by Crippen LogP contribution is -2.10. The van der Waals surface area contributed by atoms with E-state index in [1.165, 1.54) is 6.07 Å². The lowest BCUT2D eigenvalue weighted by atomic mass is 10.1. The summed E-state index contributed by atoms with van der Waals surface area (Å²) in [6.45, 7) is 2.38. The second-order valence-corrected chi connectivity index (χ2v) is 4.05. The van der Waals surface area contributed by atoms with E-state index in [1.807, 2.05) is 0 Å². The zero-order valence-corrected chi connectivity index (χ0v) is 9.12. The summed E-state index contributed by atoms with van der Waals surface area (Å²) in [5.41, 5.74) is 6.56. The Morgan fingerprint density at radius 3 is 3.06 bits per heavy atom. The summed E-state index contributed by atoms with van der Waals surface area (Å²) < 4.78 is 24.1. The molecule has 1 aromatic carbocycles. The van der Waals surface area contributed by atoms with Crippen LogP contribution in [0.1, 0.15) is 12.0 Å². The Kier molecular flexibility index (Phi) is 3.74. The number of nitrogen functional groups attached to an aromatic ring is 1. The average Bonchev–Trinajstić information content (AvgIpc) is 2.75. The molecule has 0 aliphatic carbocycles. The Morgan fingerprint density at radius 1 is 1.50 bits per heavy atom. The normalized spacial score (nSPS) is 20.2. The Hall–Kier alpha value is -1.13. The van der Waals surface area contributed by atoms with Crippen molar-refractivity contribution in [2.75, 3.05) is 25.6 Å². The van der Waals surface area contributed by atoms with E-state index in [-0.39, 0.29) is 12.4 Å². The van der Waals surface area contributed by atoms with Crippen molar-refractivity contribution in [1.82, 2.24) is 0 Å². The molecule has 0 aromatic heterocycles. The van der Waals surface area contributed by atoms with E-state index in [2.05, 4.69) is 0 Å². The van der Waals surface area contributed by atoms with E-state index in [9.17, 15) is 4.39 Å². The molecule has 3 nitrogen and oxygen atoms in total. The number of benzene rings is 1. The molecule has 1 atom stereocenters. The summed E-state index contributed by atoms with van der Waals surface area (Å²) in [6.07, 6.45) is 1.02. The maximum Gasteiger partial charge on any atom is 0.130 e. The second-order valence-electron chi connectivity index (χ2n) is 4.05. The van der Waals surface area contributed by atoms with E-state index >= 15 is 0 Å². The molecule has 1 aliphatic rings. The molecule has 0 bridgehead atoms. The quantitative estimate of drug-likeness (QED) is 0.797. The fourth-order valence-electron chi connectivity index (χ4n) is 1.77. The van der Waals surface area contributed by atoms with Gasteiger partial charge in [-0.25, -0.2) is 4.39 Å². The maximum atomic E-state index is 13.4. The predicted molar refractivity (Wildman–Crippen MR) is 59.4 cm³/mol. The monoisotopic (exact) mass is 225 g/mol. The van der Waals surface area contributed by atoms with Crippen molar-refractivity contribution in [3.8, 4) is 0 Å². The van der Waals surface area contributed by atoms with Crippen LogP contribution in [0.2, 0.25) is 0 Å². The molecule has 1 aromatic rings. The molecule has 16 heavy (non-hydrogen) atoms. The third-order valence-electron chi connectivity index (χ3n) is 2.78. The zero-order valence-electron chi connectivity index (χ0n) is 9.12. The highest BCUT2D eigenvalue weighted by Gasteiger charge is 2.16. The van der Waals surface area contributed by atoms with Crippen molar-refractivity contribution < 1.29 is 13.9 Å². The van der Waals surface area contributed by atoms with Gasteiger partial charge in [-0.15, -0.1) is 0 Å². The molecule has 0 saturated carbocycles. The molecular formula is C12H16FNO2. The van der Waals surface area contributed by atoms with Crippen LogP contribution < -0.4 is 5.73 Å².